The first-order chi connectivity index (χ1) is 17.4. The number of nitrogens with zero attached hydrogens (tertiary/aromatic N) is 1. The van der Waals surface area contributed by atoms with Gasteiger partial charge in [0.1, 0.15) is 11.9 Å². The van der Waals surface area contributed by atoms with Crippen LogP contribution in [0.3, 0.4) is 0 Å². The third kappa shape index (κ3) is 8.52. The van der Waals surface area contributed by atoms with E-state index in [9.17, 15) is 14.0 Å². The van der Waals surface area contributed by atoms with Crippen LogP contribution in [0.25, 0.3) is 0 Å². The molecule has 0 aliphatic rings. The number of carbonyl (C=O) groups is 2. The van der Waals surface area contributed by atoms with Gasteiger partial charge in [0.15, 0.2) is 0 Å². The smallest absolute Gasteiger partial charge is 0.243 e. The van der Waals surface area contributed by atoms with Crippen LogP contribution in [0.5, 0.6) is 0 Å². The summed E-state index contributed by atoms with van der Waals surface area (Å²) in [5, 5.41) is 3.07. The monoisotopic (exact) mass is 506 g/mol. The second-order valence-corrected chi connectivity index (χ2v) is 10.3. The van der Waals surface area contributed by atoms with E-state index in [-0.39, 0.29) is 30.2 Å². The molecule has 4 nitrogen and oxygen atoms in total. The van der Waals surface area contributed by atoms with Gasteiger partial charge in [-0.2, -0.15) is 0 Å². The van der Waals surface area contributed by atoms with Crippen molar-refractivity contribution < 1.29 is 14.0 Å². The Morgan fingerprint density at radius 1 is 0.944 bits per heavy atom. The van der Waals surface area contributed by atoms with Gasteiger partial charge in [0.2, 0.25) is 11.8 Å². The van der Waals surface area contributed by atoms with Gasteiger partial charge in [0, 0.05) is 36.1 Å². The number of halogens is 1. The van der Waals surface area contributed by atoms with Crippen molar-refractivity contribution in [1.29, 1.82) is 0 Å². The summed E-state index contributed by atoms with van der Waals surface area (Å²) in [7, 11) is 0. The van der Waals surface area contributed by atoms with Crippen LogP contribution in [-0.2, 0) is 22.6 Å². The SMILES string of the molecule is CC[C@H](C)NC(=O)[C@H](Cc1ccccc1)N(Cc1ccc(F)cc1)C(=O)CCSc1ccc(C)cc1. The average Bonchev–Trinajstić information content (AvgIpc) is 2.88. The summed E-state index contributed by atoms with van der Waals surface area (Å²) in [5.74, 6) is 0.00263. The Labute approximate surface area is 218 Å². The van der Waals surface area contributed by atoms with Crippen molar-refractivity contribution in [1.82, 2.24) is 10.2 Å². The summed E-state index contributed by atoms with van der Waals surface area (Å²) in [5.41, 5.74) is 2.95. The molecule has 3 aromatic carbocycles. The van der Waals surface area contributed by atoms with Crippen molar-refractivity contribution in [2.45, 2.75) is 63.6 Å². The summed E-state index contributed by atoms with van der Waals surface area (Å²) < 4.78 is 13.5. The van der Waals surface area contributed by atoms with Gasteiger partial charge >= 0.3 is 0 Å². The van der Waals surface area contributed by atoms with Crippen molar-refractivity contribution >= 4 is 23.6 Å². The van der Waals surface area contributed by atoms with Crippen LogP contribution in [0.4, 0.5) is 4.39 Å². The highest BCUT2D eigenvalue weighted by Gasteiger charge is 2.30. The minimum absolute atomic E-state index is 0.00404. The van der Waals surface area contributed by atoms with E-state index < -0.39 is 6.04 Å². The molecule has 0 radical (unpaired) electrons. The number of hydrogen-bond donors (Lipinski definition) is 1. The third-order valence-corrected chi connectivity index (χ3v) is 7.16. The molecule has 1 N–H and O–H groups in total. The second kappa shape index (κ2) is 13.8. The first-order valence-corrected chi connectivity index (χ1v) is 13.4. The third-order valence-electron chi connectivity index (χ3n) is 6.14. The number of nitrogens with one attached hydrogen (secondary N) is 1. The van der Waals surface area contributed by atoms with Crippen LogP contribution < -0.4 is 5.32 Å². The standard InChI is InChI=1S/C30H35FN2O2S/c1-4-23(3)32-30(35)28(20-24-8-6-5-7-9-24)33(21-25-12-14-26(31)15-13-25)29(34)18-19-36-27-16-10-22(2)11-17-27/h5-17,23,28H,4,18-21H2,1-3H3,(H,32,35)/t23-,28-/m0/s1. The van der Waals surface area contributed by atoms with Crippen LogP contribution in [0.2, 0.25) is 0 Å². The van der Waals surface area contributed by atoms with Crippen LogP contribution in [0.1, 0.15) is 43.4 Å². The molecule has 0 heterocycles. The Morgan fingerprint density at radius 2 is 1.61 bits per heavy atom. The Morgan fingerprint density at radius 3 is 2.25 bits per heavy atom. The minimum Gasteiger partial charge on any atom is -0.352 e. The van der Waals surface area contributed by atoms with Crippen molar-refractivity contribution in [2.24, 2.45) is 0 Å². The zero-order chi connectivity index (χ0) is 25.9. The van der Waals surface area contributed by atoms with Crippen molar-refractivity contribution in [3.8, 4) is 0 Å². The van der Waals surface area contributed by atoms with Crippen molar-refractivity contribution in [3.05, 3.63) is 101 Å². The molecule has 0 aliphatic carbocycles. The maximum atomic E-state index is 13.6. The lowest BCUT2D eigenvalue weighted by Crippen LogP contribution is -2.52. The van der Waals surface area contributed by atoms with E-state index in [0.717, 1.165) is 22.4 Å². The van der Waals surface area contributed by atoms with E-state index in [0.29, 0.717) is 18.6 Å². The molecule has 36 heavy (non-hydrogen) atoms. The molecule has 0 fully saturated rings. The predicted molar refractivity (Wildman–Crippen MR) is 145 cm³/mol. The van der Waals surface area contributed by atoms with Gasteiger partial charge < -0.3 is 10.2 Å². The first kappa shape index (κ1) is 27.5. The molecule has 0 aromatic heterocycles. The predicted octanol–water partition coefficient (Wildman–Crippen LogP) is 6.17. The highest BCUT2D eigenvalue weighted by Crippen LogP contribution is 2.21. The van der Waals surface area contributed by atoms with Crippen molar-refractivity contribution in [3.63, 3.8) is 0 Å². The normalized spacial score (nSPS) is 12.6. The summed E-state index contributed by atoms with van der Waals surface area (Å²) in [6.07, 6.45) is 1.49. The van der Waals surface area contributed by atoms with Gasteiger partial charge in [0.05, 0.1) is 0 Å². The number of aryl methyl sites for hydroxylation is 1. The number of hydrogen-bond acceptors (Lipinski definition) is 3. The number of thioether (sulfide) groups is 1. The topological polar surface area (TPSA) is 49.4 Å². The lowest BCUT2D eigenvalue weighted by Gasteiger charge is -2.32. The van der Waals surface area contributed by atoms with E-state index in [1.54, 1.807) is 28.8 Å². The van der Waals surface area contributed by atoms with Crippen LogP contribution in [0.15, 0.2) is 83.8 Å². The largest absolute Gasteiger partial charge is 0.352 e. The van der Waals surface area contributed by atoms with Gasteiger partial charge in [-0.15, -0.1) is 11.8 Å². The zero-order valence-corrected chi connectivity index (χ0v) is 22.1. The minimum atomic E-state index is -0.677. The Bertz CT molecular complexity index is 1100. The Hall–Kier alpha value is -3.12. The Balaban J connectivity index is 1.84. The molecule has 3 aromatic rings. The molecule has 6 heteroatoms. The molecular formula is C30H35FN2O2S. The molecule has 2 atom stereocenters. The van der Waals surface area contributed by atoms with Gasteiger partial charge in [-0.05, 0) is 55.7 Å². The molecule has 190 valence electrons. The molecular weight excluding hydrogens is 471 g/mol. The van der Waals surface area contributed by atoms with Crippen molar-refractivity contribution in [2.75, 3.05) is 5.75 Å². The molecule has 0 bridgehead atoms. The number of amides is 2. The van der Waals surface area contributed by atoms with E-state index in [1.807, 2.05) is 51.1 Å². The average molecular weight is 507 g/mol. The van der Waals surface area contributed by atoms with E-state index >= 15 is 0 Å². The molecule has 0 saturated heterocycles. The fourth-order valence-corrected chi connectivity index (χ4v) is 4.66. The van der Waals surface area contributed by atoms with Crippen LogP contribution in [-0.4, -0.2) is 34.6 Å². The molecule has 0 unspecified atom stereocenters. The lowest BCUT2D eigenvalue weighted by atomic mass is 10.0. The molecule has 3 rings (SSSR count). The summed E-state index contributed by atoms with van der Waals surface area (Å²) >= 11 is 1.62. The molecule has 0 aliphatic heterocycles. The summed E-state index contributed by atoms with van der Waals surface area (Å²) in [6.45, 7) is 6.26. The van der Waals surface area contributed by atoms with E-state index in [2.05, 4.69) is 29.6 Å². The fraction of sp³-hybridized carbons (Fsp3) is 0.333. The van der Waals surface area contributed by atoms with E-state index in [4.69, 9.17) is 0 Å². The zero-order valence-electron chi connectivity index (χ0n) is 21.2. The lowest BCUT2D eigenvalue weighted by molar-refractivity contribution is -0.141. The van der Waals surface area contributed by atoms with Crippen LogP contribution >= 0.6 is 11.8 Å². The Kier molecular flexibility index (Phi) is 10.6. The van der Waals surface area contributed by atoms with Gasteiger partial charge in [-0.1, -0.05) is 67.1 Å². The highest BCUT2D eigenvalue weighted by molar-refractivity contribution is 7.99. The molecule has 0 saturated carbocycles. The molecule has 0 spiro atoms. The van der Waals surface area contributed by atoms with Gasteiger partial charge in [0.25, 0.3) is 0 Å². The first-order valence-electron chi connectivity index (χ1n) is 12.4. The number of benzene rings is 3. The van der Waals surface area contributed by atoms with Crippen LogP contribution in [0, 0.1) is 12.7 Å². The maximum absolute atomic E-state index is 13.6. The van der Waals surface area contributed by atoms with E-state index in [1.165, 1.54) is 17.7 Å². The summed E-state index contributed by atoms with van der Waals surface area (Å²) in [6, 6.07) is 23.4. The number of rotatable bonds is 12. The molecule has 2 amide bonds. The summed E-state index contributed by atoms with van der Waals surface area (Å²) in [4.78, 5) is 29.8. The maximum Gasteiger partial charge on any atom is 0.243 e. The number of carbonyl (C=O) groups excluding carboxylic acids is 2. The second-order valence-electron chi connectivity index (χ2n) is 9.08. The van der Waals surface area contributed by atoms with Gasteiger partial charge in [-0.3, -0.25) is 9.59 Å². The quantitative estimate of drug-likeness (QED) is 0.299. The fourth-order valence-electron chi connectivity index (χ4n) is 3.82. The van der Waals surface area contributed by atoms with Gasteiger partial charge in [-0.25, -0.2) is 4.39 Å². The highest BCUT2D eigenvalue weighted by atomic mass is 32.2.